The molecule has 1 heterocycles. The Labute approximate surface area is 219 Å². The van der Waals surface area contributed by atoms with Gasteiger partial charge in [-0.05, 0) is 35.9 Å². The zero-order valence-electron chi connectivity index (χ0n) is 17.4. The first-order valence-electron chi connectivity index (χ1n) is 10.0. The van der Waals surface area contributed by atoms with Crippen LogP contribution in [0, 0.1) is 0 Å². The molecule has 172 valence electrons. The molecule has 0 aromatic heterocycles. The summed E-state index contributed by atoms with van der Waals surface area (Å²) in [6.07, 6.45) is 1.64. The SMILES string of the molecule is O=C([O-])C(c1ccccc1)N1C(=O)C(=Cc2cc(Br)ccc2OCc2ccccc2Cl)SC1=S. The molecule has 1 atom stereocenters. The average molecular weight is 574 g/mol. The molecule has 1 unspecified atom stereocenters. The van der Waals surface area contributed by atoms with Crippen LogP contribution in [0.1, 0.15) is 22.7 Å². The first-order valence-corrected chi connectivity index (χ1v) is 12.4. The normalized spacial score (nSPS) is 15.6. The van der Waals surface area contributed by atoms with E-state index in [1.807, 2.05) is 30.3 Å². The molecule has 4 rings (SSSR count). The Balaban J connectivity index is 1.64. The maximum Gasteiger partial charge on any atom is 0.267 e. The van der Waals surface area contributed by atoms with Gasteiger partial charge in [0.05, 0.1) is 10.9 Å². The second kappa shape index (κ2) is 10.7. The van der Waals surface area contributed by atoms with E-state index < -0.39 is 17.9 Å². The third kappa shape index (κ3) is 5.36. The number of halogens is 2. The predicted molar refractivity (Wildman–Crippen MR) is 139 cm³/mol. The van der Waals surface area contributed by atoms with Gasteiger partial charge in [-0.25, -0.2) is 0 Å². The Morgan fingerprint density at radius 1 is 1.15 bits per heavy atom. The highest BCUT2D eigenvalue weighted by atomic mass is 79.9. The summed E-state index contributed by atoms with van der Waals surface area (Å²) < 4.78 is 6.92. The lowest BCUT2D eigenvalue weighted by Crippen LogP contribution is -2.43. The van der Waals surface area contributed by atoms with Crippen molar-refractivity contribution < 1.29 is 19.4 Å². The summed E-state index contributed by atoms with van der Waals surface area (Å²) in [5.41, 5.74) is 1.86. The smallest absolute Gasteiger partial charge is 0.267 e. The standard InChI is InChI=1S/C25H17BrClNO4S2/c26-18-10-11-20(32-14-16-8-4-5-9-19(16)27)17(12-18)13-21-23(29)28(25(33)34-21)22(24(30)31)15-6-2-1-3-7-15/h1-13,22H,14H2,(H,30,31)/p-1. The molecule has 0 saturated carbocycles. The molecule has 1 fully saturated rings. The van der Waals surface area contributed by atoms with Crippen molar-refractivity contribution in [1.29, 1.82) is 0 Å². The van der Waals surface area contributed by atoms with Crippen molar-refractivity contribution in [3.8, 4) is 5.75 Å². The number of carboxylic acids is 1. The van der Waals surface area contributed by atoms with Crippen molar-refractivity contribution in [3.63, 3.8) is 0 Å². The molecule has 1 saturated heterocycles. The van der Waals surface area contributed by atoms with E-state index in [0.29, 0.717) is 21.9 Å². The van der Waals surface area contributed by atoms with Gasteiger partial charge in [0.2, 0.25) is 0 Å². The molecular formula is C25H16BrClNO4S2-. The van der Waals surface area contributed by atoms with Crippen LogP contribution in [0.2, 0.25) is 5.02 Å². The van der Waals surface area contributed by atoms with Gasteiger partial charge >= 0.3 is 0 Å². The molecule has 3 aromatic rings. The second-order valence-corrected chi connectivity index (χ2v) is 10.2. The van der Waals surface area contributed by atoms with E-state index >= 15 is 0 Å². The van der Waals surface area contributed by atoms with E-state index in [1.165, 1.54) is 0 Å². The number of carbonyl (C=O) groups excluding carboxylic acids is 2. The number of carboxylic acid groups (broad SMARTS) is 1. The van der Waals surface area contributed by atoms with E-state index in [4.69, 9.17) is 28.6 Å². The van der Waals surface area contributed by atoms with E-state index in [2.05, 4.69) is 15.9 Å². The molecule has 5 nitrogen and oxygen atoms in total. The van der Waals surface area contributed by atoms with Crippen LogP contribution < -0.4 is 9.84 Å². The third-order valence-corrected chi connectivity index (χ3v) is 7.21. The lowest BCUT2D eigenvalue weighted by Gasteiger charge is -2.27. The number of hydrogen-bond donors (Lipinski definition) is 0. The molecule has 3 aromatic carbocycles. The highest BCUT2D eigenvalue weighted by Gasteiger charge is 2.38. The highest BCUT2D eigenvalue weighted by Crippen LogP contribution is 2.39. The van der Waals surface area contributed by atoms with Crippen LogP contribution in [-0.4, -0.2) is 21.1 Å². The topological polar surface area (TPSA) is 69.7 Å². The number of ether oxygens (including phenoxy) is 1. The van der Waals surface area contributed by atoms with Gasteiger partial charge in [-0.2, -0.15) is 0 Å². The van der Waals surface area contributed by atoms with Crippen molar-refractivity contribution in [2.24, 2.45) is 0 Å². The monoisotopic (exact) mass is 572 g/mol. The number of benzene rings is 3. The molecule has 0 spiro atoms. The van der Waals surface area contributed by atoms with Crippen LogP contribution in [0.3, 0.4) is 0 Å². The molecule has 0 N–H and O–H groups in total. The summed E-state index contributed by atoms with van der Waals surface area (Å²) in [4.78, 5) is 26.6. The fraction of sp³-hybridized carbons (Fsp3) is 0.0800. The summed E-state index contributed by atoms with van der Waals surface area (Å²) in [5.74, 6) is -1.38. The van der Waals surface area contributed by atoms with Crippen LogP contribution >= 0.6 is 51.5 Å². The summed E-state index contributed by atoms with van der Waals surface area (Å²) in [6.45, 7) is 0.240. The van der Waals surface area contributed by atoms with Crippen molar-refractivity contribution >= 4 is 73.8 Å². The minimum atomic E-state index is -1.41. The minimum Gasteiger partial charge on any atom is -0.547 e. The number of thiocarbonyl (C=S) groups is 1. The summed E-state index contributed by atoms with van der Waals surface area (Å²) >= 11 is 16.1. The van der Waals surface area contributed by atoms with Crippen LogP contribution in [0.5, 0.6) is 5.75 Å². The van der Waals surface area contributed by atoms with Crippen molar-refractivity contribution in [2.75, 3.05) is 0 Å². The largest absolute Gasteiger partial charge is 0.547 e. The summed E-state index contributed by atoms with van der Waals surface area (Å²) in [6, 6.07) is 19.9. The number of aliphatic carboxylic acids is 1. The van der Waals surface area contributed by atoms with Crippen LogP contribution in [0.4, 0.5) is 0 Å². The number of carbonyl (C=O) groups is 2. The fourth-order valence-electron chi connectivity index (χ4n) is 3.40. The molecule has 1 aliphatic rings. The molecule has 1 amide bonds. The van der Waals surface area contributed by atoms with Gasteiger partial charge in [0, 0.05) is 20.6 Å². The molecule has 0 bridgehead atoms. The second-order valence-electron chi connectivity index (χ2n) is 7.25. The van der Waals surface area contributed by atoms with Gasteiger partial charge in [-0.3, -0.25) is 9.69 Å². The van der Waals surface area contributed by atoms with Crippen molar-refractivity contribution in [1.82, 2.24) is 4.90 Å². The zero-order chi connectivity index (χ0) is 24.2. The van der Waals surface area contributed by atoms with E-state index in [1.54, 1.807) is 48.5 Å². The van der Waals surface area contributed by atoms with Crippen LogP contribution in [0.25, 0.3) is 6.08 Å². The zero-order valence-corrected chi connectivity index (χ0v) is 21.4. The van der Waals surface area contributed by atoms with Crippen LogP contribution in [0.15, 0.2) is 82.2 Å². The van der Waals surface area contributed by atoms with Gasteiger partial charge < -0.3 is 14.6 Å². The maximum absolute atomic E-state index is 13.2. The number of rotatable bonds is 7. The first kappa shape index (κ1) is 24.5. The van der Waals surface area contributed by atoms with Gasteiger partial charge in [0.15, 0.2) is 0 Å². The van der Waals surface area contributed by atoms with Gasteiger partial charge in [-0.1, -0.05) is 100 Å². The first-order chi connectivity index (χ1) is 16.3. The van der Waals surface area contributed by atoms with Crippen LogP contribution in [-0.2, 0) is 16.2 Å². The summed E-state index contributed by atoms with van der Waals surface area (Å²) in [7, 11) is 0. The Kier molecular flexibility index (Phi) is 7.73. The number of thioether (sulfide) groups is 1. The Morgan fingerprint density at radius 3 is 2.56 bits per heavy atom. The quantitative estimate of drug-likeness (QED) is 0.279. The lowest BCUT2D eigenvalue weighted by molar-refractivity contribution is -0.310. The predicted octanol–water partition coefficient (Wildman–Crippen LogP) is 5.37. The highest BCUT2D eigenvalue weighted by molar-refractivity contribution is 9.10. The summed E-state index contributed by atoms with van der Waals surface area (Å²) in [5, 5.41) is 12.6. The number of hydrogen-bond acceptors (Lipinski definition) is 6. The molecule has 34 heavy (non-hydrogen) atoms. The third-order valence-electron chi connectivity index (χ3n) is 5.02. The maximum atomic E-state index is 13.2. The van der Waals surface area contributed by atoms with Crippen molar-refractivity contribution in [3.05, 3.63) is 104 Å². The molecule has 1 aliphatic heterocycles. The molecular weight excluding hydrogens is 558 g/mol. The Bertz CT molecular complexity index is 1300. The molecule has 0 aliphatic carbocycles. The van der Waals surface area contributed by atoms with Gasteiger partial charge in [-0.15, -0.1) is 0 Å². The Hall–Kier alpha value is -2.65. The minimum absolute atomic E-state index is 0.142. The van der Waals surface area contributed by atoms with E-state index in [9.17, 15) is 14.7 Å². The van der Waals surface area contributed by atoms with E-state index in [0.717, 1.165) is 26.7 Å². The number of nitrogens with zero attached hydrogens (tertiary/aromatic N) is 1. The van der Waals surface area contributed by atoms with E-state index in [-0.39, 0.29) is 15.8 Å². The van der Waals surface area contributed by atoms with Gasteiger partial charge in [0.1, 0.15) is 22.7 Å². The Morgan fingerprint density at radius 2 is 1.85 bits per heavy atom. The van der Waals surface area contributed by atoms with Crippen molar-refractivity contribution in [2.45, 2.75) is 12.6 Å². The molecule has 0 radical (unpaired) electrons. The number of amides is 1. The molecule has 9 heteroatoms. The fourth-order valence-corrected chi connectivity index (χ4v) is 5.28. The van der Waals surface area contributed by atoms with Gasteiger partial charge in [0.25, 0.3) is 5.91 Å². The average Bonchev–Trinajstić information content (AvgIpc) is 3.08. The lowest BCUT2D eigenvalue weighted by atomic mass is 10.1.